The van der Waals surface area contributed by atoms with E-state index in [1.807, 2.05) is 4.90 Å². The highest BCUT2D eigenvalue weighted by molar-refractivity contribution is 7.91. The molecule has 4 aliphatic rings. The highest BCUT2D eigenvalue weighted by Gasteiger charge is 2.57. The fourth-order valence-electron chi connectivity index (χ4n) is 7.32. The topological polar surface area (TPSA) is 57.7 Å². The number of likely N-dealkylation sites (tertiary alicyclic amines) is 1. The minimum absolute atomic E-state index is 0.0101. The Hall–Kier alpha value is -2.69. The zero-order valence-electron chi connectivity index (χ0n) is 22.8. The first-order valence-electron chi connectivity index (χ1n) is 14.2. The van der Waals surface area contributed by atoms with Gasteiger partial charge < -0.3 is 9.80 Å². The van der Waals surface area contributed by atoms with Crippen LogP contribution in [0.3, 0.4) is 0 Å². The standard InChI is InChI=1S/C30H33F5N2O3S/c1-28(32,30(33,34)35)21-5-10-25-20(16-21)4-11-26-29(25,17-19-2-6-22(31)7-3-19)13-14-36(26)27(38)37(23-8-9-23)24-12-15-41(39,40)18-24/h2-3,5-7,10,16,23-24,26H,4,8-9,11-15,17-18H2,1H3/t24?,26-,28?,29-/m1/s1. The van der Waals surface area contributed by atoms with Gasteiger partial charge >= 0.3 is 12.2 Å². The van der Waals surface area contributed by atoms with Crippen molar-refractivity contribution in [2.75, 3.05) is 18.1 Å². The van der Waals surface area contributed by atoms with Crippen molar-refractivity contribution in [2.45, 2.75) is 87.3 Å². The molecule has 41 heavy (non-hydrogen) atoms. The van der Waals surface area contributed by atoms with E-state index in [0.29, 0.717) is 51.1 Å². The van der Waals surface area contributed by atoms with Gasteiger partial charge in [0.15, 0.2) is 9.84 Å². The summed E-state index contributed by atoms with van der Waals surface area (Å²) in [6.45, 7) is 0.929. The van der Waals surface area contributed by atoms with Crippen molar-refractivity contribution in [1.82, 2.24) is 9.80 Å². The number of benzene rings is 2. The first-order valence-corrected chi connectivity index (χ1v) is 16.0. The number of nitrogens with zero attached hydrogens (tertiary/aromatic N) is 2. The molecule has 4 atom stereocenters. The summed E-state index contributed by atoms with van der Waals surface area (Å²) in [5.74, 6) is -0.366. The highest BCUT2D eigenvalue weighted by atomic mass is 32.2. The van der Waals surface area contributed by atoms with E-state index >= 15 is 0 Å². The van der Waals surface area contributed by atoms with Gasteiger partial charge in [0, 0.05) is 30.1 Å². The van der Waals surface area contributed by atoms with Crippen LogP contribution in [0.4, 0.5) is 26.7 Å². The quantitative estimate of drug-likeness (QED) is 0.408. The molecule has 2 heterocycles. The van der Waals surface area contributed by atoms with Crippen molar-refractivity contribution in [1.29, 1.82) is 0 Å². The van der Waals surface area contributed by atoms with Gasteiger partial charge in [-0.05, 0) is 86.3 Å². The number of hydrogen-bond donors (Lipinski definition) is 0. The Morgan fingerprint density at radius 3 is 2.34 bits per heavy atom. The molecule has 2 saturated heterocycles. The minimum atomic E-state index is -5.07. The lowest BCUT2D eigenvalue weighted by Gasteiger charge is -2.45. The molecule has 0 aromatic heterocycles. The van der Waals surface area contributed by atoms with Crippen molar-refractivity contribution < 1.29 is 35.2 Å². The summed E-state index contributed by atoms with van der Waals surface area (Å²) in [7, 11) is -3.20. The van der Waals surface area contributed by atoms with Crippen molar-refractivity contribution >= 4 is 15.9 Å². The van der Waals surface area contributed by atoms with Crippen LogP contribution in [0.15, 0.2) is 42.5 Å². The van der Waals surface area contributed by atoms with Crippen LogP contribution in [0.1, 0.15) is 61.3 Å². The smallest absolute Gasteiger partial charge is 0.321 e. The van der Waals surface area contributed by atoms with Gasteiger partial charge in [0.2, 0.25) is 5.67 Å². The summed E-state index contributed by atoms with van der Waals surface area (Å²) in [5, 5.41) is 0. The summed E-state index contributed by atoms with van der Waals surface area (Å²) >= 11 is 0. The van der Waals surface area contributed by atoms with Crippen LogP contribution in [0, 0.1) is 5.82 Å². The van der Waals surface area contributed by atoms with Gasteiger partial charge in [-0.3, -0.25) is 0 Å². The first kappa shape index (κ1) is 28.4. The first-order chi connectivity index (χ1) is 19.2. The van der Waals surface area contributed by atoms with Crippen molar-refractivity contribution in [3.8, 4) is 0 Å². The Labute approximate surface area is 236 Å². The summed E-state index contributed by atoms with van der Waals surface area (Å²) < 4.78 is 93.8. The predicted molar refractivity (Wildman–Crippen MR) is 143 cm³/mol. The van der Waals surface area contributed by atoms with Gasteiger partial charge in [-0.2, -0.15) is 13.2 Å². The van der Waals surface area contributed by atoms with Gasteiger partial charge in [-0.25, -0.2) is 22.0 Å². The molecule has 0 N–H and O–H groups in total. The maximum absolute atomic E-state index is 14.9. The van der Waals surface area contributed by atoms with E-state index in [9.17, 15) is 35.2 Å². The molecule has 2 amide bonds. The number of rotatable bonds is 5. The number of urea groups is 1. The number of carbonyl (C=O) groups excluding carboxylic acids is 1. The van der Waals surface area contributed by atoms with Gasteiger partial charge in [-0.1, -0.05) is 30.3 Å². The Morgan fingerprint density at radius 2 is 1.73 bits per heavy atom. The monoisotopic (exact) mass is 596 g/mol. The molecular formula is C30H33F5N2O3S. The lowest BCUT2D eigenvalue weighted by molar-refractivity contribution is -0.228. The van der Waals surface area contributed by atoms with Crippen LogP contribution in [-0.2, 0) is 33.8 Å². The fraction of sp³-hybridized carbons (Fsp3) is 0.567. The lowest BCUT2D eigenvalue weighted by Crippen LogP contribution is -2.55. The maximum atomic E-state index is 14.9. The van der Waals surface area contributed by atoms with Gasteiger partial charge in [0.05, 0.1) is 11.5 Å². The van der Waals surface area contributed by atoms with Crippen LogP contribution < -0.4 is 0 Å². The third-order valence-corrected chi connectivity index (χ3v) is 11.4. The van der Waals surface area contributed by atoms with E-state index in [1.54, 1.807) is 23.1 Å². The number of aryl methyl sites for hydroxylation is 1. The predicted octanol–water partition coefficient (Wildman–Crippen LogP) is 5.85. The van der Waals surface area contributed by atoms with Crippen molar-refractivity contribution in [2.24, 2.45) is 0 Å². The number of hydrogen-bond acceptors (Lipinski definition) is 3. The van der Waals surface area contributed by atoms with Gasteiger partial charge in [0.1, 0.15) is 5.82 Å². The van der Waals surface area contributed by atoms with E-state index in [2.05, 4.69) is 0 Å². The zero-order chi connectivity index (χ0) is 29.4. The van der Waals surface area contributed by atoms with Gasteiger partial charge in [-0.15, -0.1) is 0 Å². The molecule has 2 aliphatic carbocycles. The van der Waals surface area contributed by atoms with E-state index in [4.69, 9.17) is 0 Å². The molecule has 0 radical (unpaired) electrons. The Balaban J connectivity index is 1.38. The summed E-state index contributed by atoms with van der Waals surface area (Å²) in [6.07, 6.45) is -1.19. The number of halogens is 5. The number of alkyl halides is 4. The second-order valence-electron chi connectivity index (χ2n) is 12.3. The largest absolute Gasteiger partial charge is 0.426 e. The van der Waals surface area contributed by atoms with Crippen LogP contribution in [0.5, 0.6) is 0 Å². The Bertz CT molecular complexity index is 1460. The molecule has 0 bridgehead atoms. The molecule has 1 saturated carbocycles. The molecule has 2 aromatic carbocycles. The Kier molecular flexibility index (Phi) is 6.71. The molecule has 222 valence electrons. The zero-order valence-corrected chi connectivity index (χ0v) is 23.6. The molecule has 2 unspecified atom stereocenters. The molecule has 3 fully saturated rings. The molecule has 2 aliphatic heterocycles. The van der Waals surface area contributed by atoms with Crippen LogP contribution >= 0.6 is 0 Å². The van der Waals surface area contributed by atoms with Gasteiger partial charge in [0.25, 0.3) is 0 Å². The number of amides is 2. The second-order valence-corrected chi connectivity index (χ2v) is 14.5. The summed E-state index contributed by atoms with van der Waals surface area (Å²) in [4.78, 5) is 17.8. The number of sulfone groups is 1. The molecule has 0 spiro atoms. The summed E-state index contributed by atoms with van der Waals surface area (Å²) in [6, 6.07) is 9.34. The molecule has 5 nitrogen and oxygen atoms in total. The minimum Gasteiger partial charge on any atom is -0.321 e. The lowest BCUT2D eigenvalue weighted by atomic mass is 9.63. The van der Waals surface area contributed by atoms with Crippen LogP contribution in [0.25, 0.3) is 0 Å². The number of fused-ring (bicyclic) bond motifs is 3. The third-order valence-electron chi connectivity index (χ3n) is 9.66. The van der Waals surface area contributed by atoms with Crippen LogP contribution in [0.2, 0.25) is 0 Å². The highest BCUT2D eigenvalue weighted by Crippen LogP contribution is 2.51. The average Bonchev–Trinajstić information content (AvgIpc) is 3.56. The van der Waals surface area contributed by atoms with Crippen LogP contribution in [-0.4, -0.2) is 66.6 Å². The molecule has 2 aromatic rings. The normalized spacial score (nSPS) is 28.6. The van der Waals surface area contributed by atoms with E-state index in [-0.39, 0.29) is 41.5 Å². The second kappa shape index (κ2) is 9.67. The fourth-order valence-corrected chi connectivity index (χ4v) is 9.04. The van der Waals surface area contributed by atoms with Crippen molar-refractivity contribution in [3.05, 3.63) is 70.5 Å². The van der Waals surface area contributed by atoms with E-state index in [0.717, 1.165) is 24.0 Å². The van der Waals surface area contributed by atoms with E-state index in [1.165, 1.54) is 24.3 Å². The summed E-state index contributed by atoms with van der Waals surface area (Å²) in [5.41, 5.74) is -2.38. The van der Waals surface area contributed by atoms with Crippen molar-refractivity contribution in [3.63, 3.8) is 0 Å². The Morgan fingerprint density at radius 1 is 1.02 bits per heavy atom. The molecular weight excluding hydrogens is 563 g/mol. The number of carbonyl (C=O) groups is 1. The molecule has 11 heteroatoms. The maximum Gasteiger partial charge on any atom is 0.426 e. The SMILES string of the molecule is CC(F)(c1ccc2c(c1)CC[C@H]1N(C(=O)N(C3CC3)C3CCS(=O)(=O)C3)CC[C@@]21Cc1ccc(F)cc1)C(F)(F)F. The molecule has 6 rings (SSSR count). The third kappa shape index (κ3) is 4.91. The van der Waals surface area contributed by atoms with E-state index < -0.39 is 32.7 Å². The average molecular weight is 597 g/mol.